The van der Waals surface area contributed by atoms with Gasteiger partial charge in [0.15, 0.2) is 0 Å². The first kappa shape index (κ1) is 16.7. The fourth-order valence-electron chi connectivity index (χ4n) is 2.79. The summed E-state index contributed by atoms with van der Waals surface area (Å²) in [5.74, 6) is -0.310. The lowest BCUT2D eigenvalue weighted by Gasteiger charge is -2.16. The van der Waals surface area contributed by atoms with Crippen molar-refractivity contribution in [2.24, 2.45) is 0 Å². The molecule has 1 fully saturated rings. The summed E-state index contributed by atoms with van der Waals surface area (Å²) < 4.78 is 5.66. The van der Waals surface area contributed by atoms with Gasteiger partial charge in [-0.05, 0) is 48.2 Å². The van der Waals surface area contributed by atoms with E-state index in [2.05, 4.69) is 26.0 Å². The maximum atomic E-state index is 12.6. The largest absolute Gasteiger partial charge is 0.465 e. The Hall–Kier alpha value is -2.14. The molecule has 24 heavy (non-hydrogen) atoms. The van der Waals surface area contributed by atoms with Crippen molar-refractivity contribution in [3.8, 4) is 0 Å². The van der Waals surface area contributed by atoms with Gasteiger partial charge in [0.2, 0.25) is 5.91 Å². The Labute approximate surface area is 149 Å². The summed E-state index contributed by atoms with van der Waals surface area (Å²) in [6.45, 7) is 0.441. The summed E-state index contributed by atoms with van der Waals surface area (Å²) in [4.78, 5) is 24.1. The average molecular weight is 388 g/mol. The molecule has 0 heterocycles. The molecule has 1 aliphatic rings. The summed E-state index contributed by atoms with van der Waals surface area (Å²) >= 11 is 3.46. The van der Waals surface area contributed by atoms with Gasteiger partial charge in [-0.15, -0.1) is 0 Å². The SMILES string of the molecule is COC(=O)c1ccc(CNC(=O)C2(c3cccc(Br)c3)CC2)cc1. The minimum Gasteiger partial charge on any atom is -0.465 e. The molecule has 124 valence electrons. The Balaban J connectivity index is 1.64. The van der Waals surface area contributed by atoms with Crippen molar-refractivity contribution >= 4 is 27.8 Å². The van der Waals surface area contributed by atoms with E-state index in [1.165, 1.54) is 7.11 Å². The summed E-state index contributed by atoms with van der Waals surface area (Å²) in [5, 5.41) is 3.01. The van der Waals surface area contributed by atoms with Gasteiger partial charge in [0.05, 0.1) is 18.1 Å². The summed E-state index contributed by atoms with van der Waals surface area (Å²) in [6, 6.07) is 15.0. The predicted molar refractivity (Wildman–Crippen MR) is 94.7 cm³/mol. The van der Waals surface area contributed by atoms with Gasteiger partial charge in [-0.3, -0.25) is 4.79 Å². The number of halogens is 1. The third-order valence-electron chi connectivity index (χ3n) is 4.39. The lowest BCUT2D eigenvalue weighted by Crippen LogP contribution is -2.34. The summed E-state index contributed by atoms with van der Waals surface area (Å²) in [6.07, 6.45) is 1.74. The van der Waals surface area contributed by atoms with Gasteiger partial charge >= 0.3 is 5.97 Å². The van der Waals surface area contributed by atoms with Gasteiger partial charge in [0, 0.05) is 11.0 Å². The van der Waals surface area contributed by atoms with Crippen molar-refractivity contribution in [1.29, 1.82) is 0 Å². The zero-order valence-corrected chi connectivity index (χ0v) is 14.9. The predicted octanol–water partition coefficient (Wildman–Crippen LogP) is 3.58. The zero-order chi connectivity index (χ0) is 17.2. The summed E-state index contributed by atoms with van der Waals surface area (Å²) in [5.41, 5.74) is 2.10. The van der Waals surface area contributed by atoms with Crippen molar-refractivity contribution in [2.75, 3.05) is 7.11 Å². The molecular weight excluding hydrogens is 370 g/mol. The molecule has 0 radical (unpaired) electrons. The number of benzene rings is 2. The third kappa shape index (κ3) is 3.36. The van der Waals surface area contributed by atoms with Crippen LogP contribution in [0.3, 0.4) is 0 Å². The number of rotatable bonds is 5. The van der Waals surface area contributed by atoms with E-state index in [4.69, 9.17) is 0 Å². The van der Waals surface area contributed by atoms with Crippen molar-refractivity contribution in [2.45, 2.75) is 24.8 Å². The maximum absolute atomic E-state index is 12.6. The minimum absolute atomic E-state index is 0.0534. The zero-order valence-electron chi connectivity index (χ0n) is 13.3. The van der Waals surface area contributed by atoms with Crippen LogP contribution < -0.4 is 5.32 Å². The fourth-order valence-corrected chi connectivity index (χ4v) is 3.19. The van der Waals surface area contributed by atoms with Crippen LogP contribution in [-0.4, -0.2) is 19.0 Å². The molecule has 1 N–H and O–H groups in total. The van der Waals surface area contributed by atoms with Crippen LogP contribution >= 0.6 is 15.9 Å². The second-order valence-electron chi connectivity index (χ2n) is 5.96. The van der Waals surface area contributed by atoms with Crippen molar-refractivity contribution < 1.29 is 14.3 Å². The molecule has 0 aliphatic heterocycles. The van der Waals surface area contributed by atoms with Crippen LogP contribution in [0.4, 0.5) is 0 Å². The highest BCUT2D eigenvalue weighted by Gasteiger charge is 2.51. The van der Waals surface area contributed by atoms with Gasteiger partial charge < -0.3 is 10.1 Å². The molecule has 0 unspecified atom stereocenters. The molecule has 5 heteroatoms. The Morgan fingerprint density at radius 1 is 1.17 bits per heavy atom. The number of amides is 1. The molecule has 0 saturated heterocycles. The van der Waals surface area contributed by atoms with Gasteiger partial charge in [-0.2, -0.15) is 0 Å². The third-order valence-corrected chi connectivity index (χ3v) is 4.88. The molecule has 0 bridgehead atoms. The Morgan fingerprint density at radius 2 is 1.88 bits per heavy atom. The molecule has 1 aliphatic carbocycles. The van der Waals surface area contributed by atoms with Gasteiger partial charge in [0.1, 0.15) is 0 Å². The first-order valence-electron chi connectivity index (χ1n) is 7.77. The Kier molecular flexibility index (Phi) is 4.71. The number of hydrogen-bond acceptors (Lipinski definition) is 3. The van der Waals surface area contributed by atoms with E-state index in [-0.39, 0.29) is 11.9 Å². The van der Waals surface area contributed by atoms with Crippen molar-refractivity contribution in [3.05, 3.63) is 69.7 Å². The topological polar surface area (TPSA) is 55.4 Å². The first-order chi connectivity index (χ1) is 11.5. The van der Waals surface area contributed by atoms with Crippen molar-refractivity contribution in [3.63, 3.8) is 0 Å². The average Bonchev–Trinajstić information content (AvgIpc) is 3.41. The number of carbonyl (C=O) groups is 2. The van der Waals surface area contributed by atoms with E-state index in [1.807, 2.05) is 36.4 Å². The second-order valence-corrected chi connectivity index (χ2v) is 6.88. The molecule has 2 aromatic carbocycles. The minimum atomic E-state index is -0.393. The van der Waals surface area contributed by atoms with Crippen molar-refractivity contribution in [1.82, 2.24) is 5.32 Å². The lowest BCUT2D eigenvalue weighted by atomic mass is 9.95. The van der Waals surface area contributed by atoms with Crippen LogP contribution in [0.5, 0.6) is 0 Å². The highest BCUT2D eigenvalue weighted by molar-refractivity contribution is 9.10. The van der Waals surface area contributed by atoms with Crippen LogP contribution in [0.25, 0.3) is 0 Å². The van der Waals surface area contributed by atoms with Gasteiger partial charge in [-0.25, -0.2) is 4.79 Å². The van der Waals surface area contributed by atoms with Crippen LogP contribution in [0.1, 0.15) is 34.3 Å². The number of carbonyl (C=O) groups excluding carboxylic acids is 2. The molecule has 0 spiro atoms. The van der Waals surface area contributed by atoms with E-state index in [9.17, 15) is 9.59 Å². The first-order valence-corrected chi connectivity index (χ1v) is 8.56. The van der Waals surface area contributed by atoms with E-state index in [0.29, 0.717) is 12.1 Å². The van der Waals surface area contributed by atoms with Crippen LogP contribution in [0.15, 0.2) is 53.0 Å². The molecule has 4 nitrogen and oxygen atoms in total. The lowest BCUT2D eigenvalue weighted by molar-refractivity contribution is -0.123. The number of methoxy groups -OCH3 is 1. The maximum Gasteiger partial charge on any atom is 0.337 e. The highest BCUT2D eigenvalue weighted by atomic mass is 79.9. The van der Waals surface area contributed by atoms with E-state index in [0.717, 1.165) is 28.4 Å². The van der Waals surface area contributed by atoms with E-state index >= 15 is 0 Å². The quantitative estimate of drug-likeness (QED) is 0.797. The molecule has 2 aromatic rings. The monoisotopic (exact) mass is 387 g/mol. The normalized spacial score (nSPS) is 14.8. The molecule has 0 atom stereocenters. The van der Waals surface area contributed by atoms with Crippen LogP contribution in [-0.2, 0) is 21.5 Å². The summed E-state index contributed by atoms with van der Waals surface area (Å²) in [7, 11) is 1.35. The van der Waals surface area contributed by atoms with Gasteiger partial charge in [-0.1, -0.05) is 40.2 Å². The molecular formula is C19H18BrNO3. The number of esters is 1. The fraction of sp³-hybridized carbons (Fsp3) is 0.263. The van der Waals surface area contributed by atoms with Crippen LogP contribution in [0, 0.1) is 0 Å². The van der Waals surface area contributed by atoms with Gasteiger partial charge in [0.25, 0.3) is 0 Å². The number of hydrogen-bond donors (Lipinski definition) is 1. The smallest absolute Gasteiger partial charge is 0.337 e. The Morgan fingerprint density at radius 3 is 2.46 bits per heavy atom. The standard InChI is InChI=1S/C19H18BrNO3/c1-24-17(22)14-7-5-13(6-8-14)12-21-18(23)19(9-10-19)15-3-2-4-16(20)11-15/h2-8,11H,9-10,12H2,1H3,(H,21,23). The Bertz CT molecular complexity index is 766. The van der Waals surface area contributed by atoms with E-state index < -0.39 is 5.41 Å². The molecule has 1 saturated carbocycles. The molecule has 3 rings (SSSR count). The highest BCUT2D eigenvalue weighted by Crippen LogP contribution is 2.48. The van der Waals surface area contributed by atoms with E-state index in [1.54, 1.807) is 12.1 Å². The number of ether oxygens (including phenoxy) is 1. The molecule has 0 aromatic heterocycles. The van der Waals surface area contributed by atoms with Crippen LogP contribution in [0.2, 0.25) is 0 Å². The number of nitrogens with one attached hydrogen (secondary N) is 1. The molecule has 1 amide bonds. The second kappa shape index (κ2) is 6.77.